The zero-order chi connectivity index (χ0) is 12.8. The summed E-state index contributed by atoms with van der Waals surface area (Å²) in [7, 11) is 0. The van der Waals surface area contributed by atoms with Gasteiger partial charge in [0, 0.05) is 38.4 Å². The molecular weight excluding hydrogens is 229 g/mol. The monoisotopic (exact) mass is 251 g/mol. The number of unbranched alkanes of at least 4 members (excludes halogenated alkanes) is 1. The van der Waals surface area contributed by atoms with E-state index < -0.39 is 0 Å². The predicted molar refractivity (Wildman–Crippen MR) is 73.1 cm³/mol. The van der Waals surface area contributed by atoms with Gasteiger partial charge >= 0.3 is 0 Å². The van der Waals surface area contributed by atoms with Crippen molar-refractivity contribution in [3.8, 4) is 0 Å². The fourth-order valence-corrected chi connectivity index (χ4v) is 2.19. The number of hydrogen-bond donors (Lipinski definition) is 1. The standard InChI is InChI=1S/C14H22FN3/c1-2-3-8-16-18-11-9-17(10-12-18)14-6-4-13(15)5-7-14/h4-7,16H,2-3,8-12H2,1H3. The van der Waals surface area contributed by atoms with E-state index >= 15 is 0 Å². The van der Waals surface area contributed by atoms with Gasteiger partial charge in [0.05, 0.1) is 0 Å². The summed E-state index contributed by atoms with van der Waals surface area (Å²) in [4.78, 5) is 2.30. The van der Waals surface area contributed by atoms with Gasteiger partial charge in [0.1, 0.15) is 5.82 Å². The van der Waals surface area contributed by atoms with Crippen molar-refractivity contribution < 1.29 is 4.39 Å². The lowest BCUT2D eigenvalue weighted by Gasteiger charge is -2.36. The molecule has 1 aromatic carbocycles. The Kier molecular flexibility index (Phi) is 4.96. The first-order valence-corrected chi connectivity index (χ1v) is 6.78. The van der Waals surface area contributed by atoms with E-state index in [1.807, 2.05) is 12.1 Å². The molecular formula is C14H22FN3. The summed E-state index contributed by atoms with van der Waals surface area (Å²) in [5, 5.41) is 2.29. The minimum atomic E-state index is -0.168. The molecule has 18 heavy (non-hydrogen) atoms. The summed E-state index contributed by atoms with van der Waals surface area (Å²) in [6, 6.07) is 6.77. The van der Waals surface area contributed by atoms with Crippen LogP contribution in [0.2, 0.25) is 0 Å². The second-order valence-corrected chi connectivity index (χ2v) is 4.71. The quantitative estimate of drug-likeness (QED) is 0.810. The van der Waals surface area contributed by atoms with Gasteiger partial charge in [-0.25, -0.2) is 9.40 Å². The van der Waals surface area contributed by atoms with Gasteiger partial charge in [-0.3, -0.25) is 5.43 Å². The van der Waals surface area contributed by atoms with Gasteiger partial charge in [0.2, 0.25) is 0 Å². The molecule has 0 unspecified atom stereocenters. The second-order valence-electron chi connectivity index (χ2n) is 4.71. The van der Waals surface area contributed by atoms with Crippen molar-refractivity contribution >= 4 is 5.69 Å². The molecule has 0 amide bonds. The molecule has 1 saturated heterocycles. The first-order valence-electron chi connectivity index (χ1n) is 6.78. The molecule has 2 rings (SSSR count). The van der Waals surface area contributed by atoms with E-state index in [9.17, 15) is 4.39 Å². The number of nitrogens with one attached hydrogen (secondary N) is 1. The highest BCUT2D eigenvalue weighted by atomic mass is 19.1. The molecule has 1 aliphatic heterocycles. The number of rotatable bonds is 5. The van der Waals surface area contributed by atoms with Crippen molar-refractivity contribution in [3.63, 3.8) is 0 Å². The average Bonchev–Trinajstić information content (AvgIpc) is 2.41. The van der Waals surface area contributed by atoms with Gasteiger partial charge in [-0.2, -0.15) is 0 Å². The van der Waals surface area contributed by atoms with Gasteiger partial charge in [0.25, 0.3) is 0 Å². The summed E-state index contributed by atoms with van der Waals surface area (Å²) >= 11 is 0. The van der Waals surface area contributed by atoms with E-state index in [-0.39, 0.29) is 5.82 Å². The maximum atomic E-state index is 12.9. The molecule has 100 valence electrons. The van der Waals surface area contributed by atoms with Crippen molar-refractivity contribution in [1.82, 2.24) is 10.4 Å². The molecule has 0 atom stereocenters. The lowest BCUT2D eigenvalue weighted by Crippen LogP contribution is -2.52. The molecule has 0 radical (unpaired) electrons. The Hall–Kier alpha value is -1.13. The third-order valence-corrected chi connectivity index (χ3v) is 3.34. The minimum Gasteiger partial charge on any atom is -0.369 e. The van der Waals surface area contributed by atoms with Crippen molar-refractivity contribution in [3.05, 3.63) is 30.1 Å². The topological polar surface area (TPSA) is 18.5 Å². The van der Waals surface area contributed by atoms with Gasteiger partial charge in [-0.05, 0) is 30.7 Å². The fourth-order valence-electron chi connectivity index (χ4n) is 2.19. The summed E-state index contributed by atoms with van der Waals surface area (Å²) in [6.07, 6.45) is 2.45. The molecule has 3 nitrogen and oxygen atoms in total. The van der Waals surface area contributed by atoms with E-state index in [1.165, 1.54) is 25.0 Å². The second kappa shape index (κ2) is 6.71. The Morgan fingerprint density at radius 1 is 1.11 bits per heavy atom. The van der Waals surface area contributed by atoms with Crippen LogP contribution in [0.4, 0.5) is 10.1 Å². The highest BCUT2D eigenvalue weighted by molar-refractivity contribution is 5.46. The summed E-state index contributed by atoms with van der Waals surface area (Å²) in [5.41, 5.74) is 4.57. The number of hydrazine groups is 1. The van der Waals surface area contributed by atoms with Crippen LogP contribution in [0.25, 0.3) is 0 Å². The zero-order valence-electron chi connectivity index (χ0n) is 11.0. The molecule has 1 N–H and O–H groups in total. The van der Waals surface area contributed by atoms with Crippen molar-refractivity contribution in [1.29, 1.82) is 0 Å². The van der Waals surface area contributed by atoms with E-state index in [2.05, 4.69) is 22.3 Å². The largest absolute Gasteiger partial charge is 0.369 e. The molecule has 0 aliphatic carbocycles. The molecule has 1 heterocycles. The molecule has 4 heteroatoms. The SMILES string of the molecule is CCCCNN1CCN(c2ccc(F)cc2)CC1. The Bertz CT molecular complexity index is 345. The summed E-state index contributed by atoms with van der Waals surface area (Å²) < 4.78 is 12.9. The van der Waals surface area contributed by atoms with Gasteiger partial charge in [-0.1, -0.05) is 13.3 Å². The molecule has 0 spiro atoms. The smallest absolute Gasteiger partial charge is 0.123 e. The van der Waals surface area contributed by atoms with Crippen LogP contribution in [0.5, 0.6) is 0 Å². The first-order chi connectivity index (χ1) is 8.79. The molecule has 0 bridgehead atoms. The molecule has 1 fully saturated rings. The van der Waals surface area contributed by atoms with Crippen LogP contribution in [0.15, 0.2) is 24.3 Å². The lowest BCUT2D eigenvalue weighted by molar-refractivity contribution is 0.175. The maximum Gasteiger partial charge on any atom is 0.123 e. The van der Waals surface area contributed by atoms with Crippen molar-refractivity contribution in [2.24, 2.45) is 0 Å². The van der Waals surface area contributed by atoms with E-state index in [4.69, 9.17) is 0 Å². The average molecular weight is 251 g/mol. The number of nitrogens with zero attached hydrogens (tertiary/aromatic N) is 2. The Labute approximate surface area is 109 Å². The predicted octanol–water partition coefficient (Wildman–Crippen LogP) is 2.25. The lowest BCUT2D eigenvalue weighted by atomic mass is 10.2. The Balaban J connectivity index is 1.77. The van der Waals surface area contributed by atoms with Crippen LogP contribution in [0.1, 0.15) is 19.8 Å². The minimum absolute atomic E-state index is 0.168. The number of halogens is 1. The van der Waals surface area contributed by atoms with Crippen LogP contribution < -0.4 is 10.3 Å². The van der Waals surface area contributed by atoms with Crippen LogP contribution in [-0.2, 0) is 0 Å². The van der Waals surface area contributed by atoms with Crippen LogP contribution in [0.3, 0.4) is 0 Å². The molecule has 1 aliphatic rings. The first kappa shape index (κ1) is 13.3. The fraction of sp³-hybridized carbons (Fsp3) is 0.571. The van der Waals surface area contributed by atoms with Gasteiger partial charge in [-0.15, -0.1) is 0 Å². The van der Waals surface area contributed by atoms with E-state index in [0.717, 1.165) is 38.4 Å². The molecule has 0 saturated carbocycles. The maximum absolute atomic E-state index is 12.9. The third kappa shape index (κ3) is 3.68. The highest BCUT2D eigenvalue weighted by Crippen LogP contribution is 2.16. The summed E-state index contributed by atoms with van der Waals surface area (Å²) in [6.45, 7) is 7.28. The molecule has 0 aromatic heterocycles. The summed E-state index contributed by atoms with van der Waals surface area (Å²) in [5.74, 6) is -0.168. The van der Waals surface area contributed by atoms with Crippen LogP contribution in [0, 0.1) is 5.82 Å². The van der Waals surface area contributed by atoms with Crippen molar-refractivity contribution in [2.75, 3.05) is 37.6 Å². The van der Waals surface area contributed by atoms with E-state index in [1.54, 1.807) is 0 Å². The van der Waals surface area contributed by atoms with Gasteiger partial charge < -0.3 is 4.90 Å². The van der Waals surface area contributed by atoms with E-state index in [0.29, 0.717) is 0 Å². The number of piperazine rings is 1. The highest BCUT2D eigenvalue weighted by Gasteiger charge is 2.16. The van der Waals surface area contributed by atoms with Crippen LogP contribution in [-0.4, -0.2) is 37.7 Å². The Morgan fingerprint density at radius 2 is 1.78 bits per heavy atom. The third-order valence-electron chi connectivity index (χ3n) is 3.34. The number of hydrogen-bond acceptors (Lipinski definition) is 3. The van der Waals surface area contributed by atoms with Crippen molar-refractivity contribution in [2.45, 2.75) is 19.8 Å². The normalized spacial score (nSPS) is 17.1. The number of benzene rings is 1. The van der Waals surface area contributed by atoms with Gasteiger partial charge in [0.15, 0.2) is 0 Å². The Morgan fingerprint density at radius 3 is 2.39 bits per heavy atom. The van der Waals surface area contributed by atoms with Crippen LogP contribution >= 0.6 is 0 Å². The molecule has 1 aromatic rings. The zero-order valence-corrected chi connectivity index (χ0v) is 11.0. The number of anilines is 1.